The smallest absolute Gasteiger partial charge is 0.339 e. The SMILES string of the molecule is COCOc1c(Cl)cccc1C(=O)O. The molecule has 0 saturated heterocycles. The minimum Gasteiger partial charge on any atom is -0.478 e. The minimum atomic E-state index is -1.08. The molecule has 0 amide bonds. The molecule has 76 valence electrons. The lowest BCUT2D eigenvalue weighted by Gasteiger charge is -2.09. The molecule has 0 aliphatic rings. The van der Waals surface area contributed by atoms with Crippen molar-refractivity contribution in [3.05, 3.63) is 28.8 Å². The van der Waals surface area contributed by atoms with Crippen LogP contribution in [0.1, 0.15) is 10.4 Å². The highest BCUT2D eigenvalue weighted by Crippen LogP contribution is 2.28. The maximum Gasteiger partial charge on any atom is 0.339 e. The van der Waals surface area contributed by atoms with Gasteiger partial charge in [0.05, 0.1) is 5.02 Å². The van der Waals surface area contributed by atoms with Gasteiger partial charge in [0.25, 0.3) is 0 Å². The molecular weight excluding hydrogens is 208 g/mol. The number of methoxy groups -OCH3 is 1. The van der Waals surface area contributed by atoms with E-state index in [9.17, 15) is 4.79 Å². The molecule has 4 nitrogen and oxygen atoms in total. The molecular formula is C9H9ClO4. The van der Waals surface area contributed by atoms with Crippen molar-refractivity contribution in [2.24, 2.45) is 0 Å². The third-order valence-electron chi connectivity index (χ3n) is 1.52. The van der Waals surface area contributed by atoms with Gasteiger partial charge in [-0.1, -0.05) is 17.7 Å². The van der Waals surface area contributed by atoms with Gasteiger partial charge in [0.15, 0.2) is 12.5 Å². The Morgan fingerprint density at radius 2 is 2.29 bits per heavy atom. The van der Waals surface area contributed by atoms with E-state index in [1.807, 2.05) is 0 Å². The number of hydrogen-bond donors (Lipinski definition) is 1. The first-order valence-electron chi connectivity index (χ1n) is 3.80. The number of benzene rings is 1. The van der Waals surface area contributed by atoms with Gasteiger partial charge in [-0.2, -0.15) is 0 Å². The van der Waals surface area contributed by atoms with E-state index < -0.39 is 5.97 Å². The number of aromatic carboxylic acids is 1. The lowest BCUT2D eigenvalue weighted by atomic mass is 10.2. The number of para-hydroxylation sites is 1. The van der Waals surface area contributed by atoms with Crippen LogP contribution in [0.4, 0.5) is 0 Å². The summed E-state index contributed by atoms with van der Waals surface area (Å²) in [6.07, 6.45) is 0. The summed E-state index contributed by atoms with van der Waals surface area (Å²) in [6.45, 7) is -0.0377. The Bertz CT molecular complexity index is 338. The molecule has 0 fully saturated rings. The summed E-state index contributed by atoms with van der Waals surface area (Å²) in [5, 5.41) is 9.06. The van der Waals surface area contributed by atoms with Crippen LogP contribution < -0.4 is 4.74 Å². The van der Waals surface area contributed by atoms with Crippen molar-refractivity contribution < 1.29 is 19.4 Å². The predicted octanol–water partition coefficient (Wildman–Crippen LogP) is 2.02. The van der Waals surface area contributed by atoms with E-state index in [0.29, 0.717) is 0 Å². The van der Waals surface area contributed by atoms with Crippen LogP contribution >= 0.6 is 11.6 Å². The Morgan fingerprint density at radius 1 is 1.57 bits per heavy atom. The number of hydrogen-bond acceptors (Lipinski definition) is 3. The van der Waals surface area contributed by atoms with Gasteiger partial charge in [-0.15, -0.1) is 0 Å². The normalized spacial score (nSPS) is 9.86. The van der Waals surface area contributed by atoms with Crippen molar-refractivity contribution >= 4 is 17.6 Å². The molecule has 0 aromatic heterocycles. The number of carboxylic acids is 1. The summed E-state index contributed by atoms with van der Waals surface area (Å²) >= 11 is 5.77. The lowest BCUT2D eigenvalue weighted by Crippen LogP contribution is -2.05. The second-order valence-corrected chi connectivity index (χ2v) is 2.88. The van der Waals surface area contributed by atoms with Gasteiger partial charge in [0.1, 0.15) is 5.56 Å². The van der Waals surface area contributed by atoms with E-state index in [1.54, 1.807) is 12.1 Å². The van der Waals surface area contributed by atoms with Gasteiger partial charge in [0.2, 0.25) is 0 Å². The predicted molar refractivity (Wildman–Crippen MR) is 50.9 cm³/mol. The molecule has 0 atom stereocenters. The highest BCUT2D eigenvalue weighted by Gasteiger charge is 2.13. The molecule has 0 unspecified atom stereocenters. The summed E-state index contributed by atoms with van der Waals surface area (Å²) in [6, 6.07) is 4.52. The van der Waals surface area contributed by atoms with Crippen LogP contribution in [0.25, 0.3) is 0 Å². The Kier molecular flexibility index (Phi) is 3.73. The van der Waals surface area contributed by atoms with Crippen molar-refractivity contribution in [1.29, 1.82) is 0 Å². The van der Waals surface area contributed by atoms with Crippen molar-refractivity contribution in [3.63, 3.8) is 0 Å². The van der Waals surface area contributed by atoms with Crippen LogP contribution in [-0.2, 0) is 4.74 Å². The van der Waals surface area contributed by atoms with Crippen molar-refractivity contribution in [1.82, 2.24) is 0 Å². The first-order chi connectivity index (χ1) is 6.66. The van der Waals surface area contributed by atoms with Crippen molar-refractivity contribution in [2.75, 3.05) is 13.9 Å². The molecule has 1 rings (SSSR count). The van der Waals surface area contributed by atoms with Gasteiger partial charge in [-0.25, -0.2) is 4.79 Å². The largest absolute Gasteiger partial charge is 0.478 e. The molecule has 14 heavy (non-hydrogen) atoms. The maximum atomic E-state index is 10.8. The van der Waals surface area contributed by atoms with Crippen LogP contribution in [0.2, 0.25) is 5.02 Å². The molecule has 0 bridgehead atoms. The first-order valence-corrected chi connectivity index (χ1v) is 4.18. The van der Waals surface area contributed by atoms with Gasteiger partial charge in [-0.05, 0) is 12.1 Å². The Labute approximate surface area is 86.0 Å². The monoisotopic (exact) mass is 216 g/mol. The Hall–Kier alpha value is -1.26. The maximum absolute atomic E-state index is 10.8. The molecule has 1 aromatic carbocycles. The Balaban J connectivity index is 3.02. The van der Waals surface area contributed by atoms with E-state index in [-0.39, 0.29) is 23.1 Å². The van der Waals surface area contributed by atoms with Gasteiger partial charge in [-0.3, -0.25) is 0 Å². The zero-order valence-corrected chi connectivity index (χ0v) is 8.25. The number of rotatable bonds is 4. The molecule has 1 N–H and O–H groups in total. The quantitative estimate of drug-likeness (QED) is 0.783. The summed E-state index contributed by atoms with van der Waals surface area (Å²) in [5.74, 6) is -0.956. The van der Waals surface area contributed by atoms with Crippen LogP contribution in [-0.4, -0.2) is 25.0 Å². The lowest BCUT2D eigenvalue weighted by molar-refractivity contribution is 0.0484. The summed E-state index contributed by atoms with van der Waals surface area (Å²) < 4.78 is 9.71. The van der Waals surface area contributed by atoms with Crippen LogP contribution in [0.5, 0.6) is 5.75 Å². The average molecular weight is 217 g/mol. The fourth-order valence-electron chi connectivity index (χ4n) is 0.942. The Morgan fingerprint density at radius 3 is 2.86 bits per heavy atom. The van der Waals surface area contributed by atoms with Crippen LogP contribution in [0.15, 0.2) is 18.2 Å². The third kappa shape index (κ3) is 2.37. The van der Waals surface area contributed by atoms with Gasteiger partial charge < -0.3 is 14.6 Å². The second-order valence-electron chi connectivity index (χ2n) is 2.47. The highest BCUT2D eigenvalue weighted by atomic mass is 35.5. The molecule has 5 heteroatoms. The minimum absolute atomic E-state index is 0.0227. The topological polar surface area (TPSA) is 55.8 Å². The van der Waals surface area contributed by atoms with Crippen LogP contribution in [0, 0.1) is 0 Å². The standard InChI is InChI=1S/C9H9ClO4/c1-13-5-14-8-6(9(11)12)3-2-4-7(8)10/h2-4H,5H2,1H3,(H,11,12). The summed E-state index contributed by atoms with van der Waals surface area (Å²) in [7, 11) is 1.44. The molecule has 1 aromatic rings. The average Bonchev–Trinajstić information content (AvgIpc) is 2.15. The van der Waals surface area contributed by atoms with E-state index in [1.165, 1.54) is 13.2 Å². The second kappa shape index (κ2) is 4.83. The van der Waals surface area contributed by atoms with E-state index in [4.69, 9.17) is 21.4 Å². The fourth-order valence-corrected chi connectivity index (χ4v) is 1.17. The van der Waals surface area contributed by atoms with E-state index in [2.05, 4.69) is 4.74 Å². The fraction of sp³-hybridized carbons (Fsp3) is 0.222. The molecule has 0 spiro atoms. The first kappa shape index (κ1) is 10.8. The number of halogens is 1. The third-order valence-corrected chi connectivity index (χ3v) is 1.82. The van der Waals surface area contributed by atoms with Crippen LogP contribution in [0.3, 0.4) is 0 Å². The molecule has 0 saturated carbocycles. The van der Waals surface area contributed by atoms with E-state index in [0.717, 1.165) is 0 Å². The summed E-state index contributed by atoms with van der Waals surface area (Å²) in [5.41, 5.74) is 0.0227. The number of carbonyl (C=O) groups is 1. The molecule has 0 aliphatic carbocycles. The highest BCUT2D eigenvalue weighted by molar-refractivity contribution is 6.32. The van der Waals surface area contributed by atoms with Crippen molar-refractivity contribution in [3.8, 4) is 5.75 Å². The molecule has 0 aliphatic heterocycles. The summed E-state index contributed by atoms with van der Waals surface area (Å²) in [4.78, 5) is 10.8. The zero-order valence-electron chi connectivity index (χ0n) is 7.49. The number of carboxylic acid groups (broad SMARTS) is 1. The van der Waals surface area contributed by atoms with Gasteiger partial charge in [0, 0.05) is 7.11 Å². The van der Waals surface area contributed by atoms with E-state index >= 15 is 0 Å². The van der Waals surface area contributed by atoms with Crippen molar-refractivity contribution in [2.45, 2.75) is 0 Å². The molecule has 0 heterocycles. The number of ether oxygens (including phenoxy) is 2. The zero-order chi connectivity index (χ0) is 10.6. The molecule has 0 radical (unpaired) electrons. The van der Waals surface area contributed by atoms with Gasteiger partial charge >= 0.3 is 5.97 Å².